The predicted molar refractivity (Wildman–Crippen MR) is 92.6 cm³/mol. The topological polar surface area (TPSA) is 56.2 Å². The molecule has 1 saturated heterocycles. The van der Waals surface area contributed by atoms with Crippen LogP contribution in [0.4, 0.5) is 4.39 Å². The molecular formula is C19H24FN3O2. The molecule has 1 amide bonds. The molecule has 0 spiro atoms. The van der Waals surface area contributed by atoms with Crippen LogP contribution in [0.15, 0.2) is 24.3 Å². The zero-order valence-corrected chi connectivity index (χ0v) is 14.9. The quantitative estimate of drug-likeness (QED) is 0.907. The summed E-state index contributed by atoms with van der Waals surface area (Å²) in [7, 11) is 1.87. The average molecular weight is 345 g/mol. The third-order valence-electron chi connectivity index (χ3n) is 4.88. The van der Waals surface area contributed by atoms with E-state index in [4.69, 9.17) is 4.74 Å². The molecular weight excluding hydrogens is 321 g/mol. The molecule has 1 aromatic heterocycles. The lowest BCUT2D eigenvalue weighted by molar-refractivity contribution is -0.122. The molecule has 0 radical (unpaired) electrons. The second kappa shape index (κ2) is 7.35. The SMILES string of the molecule is Cc1nn(C)c(C)c1CC(=O)N[C@@H](c1ccc(F)cc1)[C@@H]1CCCO1. The van der Waals surface area contributed by atoms with Gasteiger partial charge in [-0.2, -0.15) is 5.10 Å². The zero-order chi connectivity index (χ0) is 18.0. The van der Waals surface area contributed by atoms with Gasteiger partial charge in [0.05, 0.1) is 24.3 Å². The summed E-state index contributed by atoms with van der Waals surface area (Å²) in [5, 5.41) is 7.44. The van der Waals surface area contributed by atoms with Crippen molar-refractivity contribution in [3.05, 3.63) is 52.6 Å². The minimum atomic E-state index is -0.289. The van der Waals surface area contributed by atoms with E-state index < -0.39 is 0 Å². The number of amides is 1. The Morgan fingerprint density at radius 1 is 1.40 bits per heavy atom. The van der Waals surface area contributed by atoms with Gasteiger partial charge in [-0.25, -0.2) is 4.39 Å². The van der Waals surface area contributed by atoms with Crippen LogP contribution < -0.4 is 5.32 Å². The van der Waals surface area contributed by atoms with E-state index in [9.17, 15) is 9.18 Å². The summed E-state index contributed by atoms with van der Waals surface area (Å²) in [6.07, 6.45) is 2.05. The second-order valence-electron chi connectivity index (χ2n) is 6.60. The monoisotopic (exact) mass is 345 g/mol. The van der Waals surface area contributed by atoms with Gasteiger partial charge in [-0.1, -0.05) is 12.1 Å². The van der Waals surface area contributed by atoms with Crippen molar-refractivity contribution in [3.8, 4) is 0 Å². The van der Waals surface area contributed by atoms with E-state index >= 15 is 0 Å². The van der Waals surface area contributed by atoms with Crippen LogP contribution in [-0.4, -0.2) is 28.4 Å². The highest BCUT2D eigenvalue weighted by atomic mass is 19.1. The van der Waals surface area contributed by atoms with Crippen molar-refractivity contribution in [3.63, 3.8) is 0 Å². The number of nitrogens with one attached hydrogen (secondary N) is 1. The Morgan fingerprint density at radius 3 is 2.68 bits per heavy atom. The van der Waals surface area contributed by atoms with Gasteiger partial charge in [0.2, 0.25) is 5.91 Å². The molecule has 2 atom stereocenters. The first-order chi connectivity index (χ1) is 12.0. The highest BCUT2D eigenvalue weighted by Crippen LogP contribution is 2.27. The maximum Gasteiger partial charge on any atom is 0.225 e. The number of carbonyl (C=O) groups excluding carboxylic acids is 1. The normalized spacial score (nSPS) is 18.3. The number of nitrogens with zero attached hydrogens (tertiary/aromatic N) is 2. The van der Waals surface area contributed by atoms with Gasteiger partial charge in [0.25, 0.3) is 0 Å². The summed E-state index contributed by atoms with van der Waals surface area (Å²) in [5.74, 6) is -0.369. The standard InChI is InChI=1S/C19H24FN3O2/c1-12-16(13(2)23(3)22-12)11-18(24)21-19(17-5-4-10-25-17)14-6-8-15(20)9-7-14/h6-9,17,19H,4-5,10-11H2,1-3H3,(H,21,24)/t17-,19-/m0/s1. The molecule has 0 unspecified atom stereocenters. The van der Waals surface area contributed by atoms with Crippen LogP contribution in [0.5, 0.6) is 0 Å². The van der Waals surface area contributed by atoms with Gasteiger partial charge in [0.15, 0.2) is 0 Å². The summed E-state index contributed by atoms with van der Waals surface area (Å²) in [6.45, 7) is 4.56. The Balaban J connectivity index is 1.77. The van der Waals surface area contributed by atoms with Gasteiger partial charge in [0.1, 0.15) is 5.82 Å². The lowest BCUT2D eigenvalue weighted by Gasteiger charge is -2.25. The number of hydrogen-bond donors (Lipinski definition) is 1. The predicted octanol–water partition coefficient (Wildman–Crippen LogP) is 2.76. The third-order valence-corrected chi connectivity index (χ3v) is 4.88. The maximum atomic E-state index is 13.2. The van der Waals surface area contributed by atoms with Crippen LogP contribution in [0.2, 0.25) is 0 Å². The van der Waals surface area contributed by atoms with Crippen molar-refractivity contribution in [1.82, 2.24) is 15.1 Å². The smallest absolute Gasteiger partial charge is 0.225 e. The number of aryl methyl sites for hydroxylation is 2. The number of aromatic nitrogens is 2. The number of ether oxygens (including phenoxy) is 1. The fraction of sp³-hybridized carbons (Fsp3) is 0.474. The molecule has 0 bridgehead atoms. The van der Waals surface area contributed by atoms with Gasteiger partial charge in [-0.3, -0.25) is 9.48 Å². The minimum absolute atomic E-state index is 0.0782. The molecule has 0 saturated carbocycles. The van der Waals surface area contributed by atoms with Gasteiger partial charge >= 0.3 is 0 Å². The number of carbonyl (C=O) groups is 1. The summed E-state index contributed by atoms with van der Waals surface area (Å²) < 4.78 is 20.8. The molecule has 3 rings (SSSR count). The summed E-state index contributed by atoms with van der Waals surface area (Å²) in [4.78, 5) is 12.7. The van der Waals surface area contributed by atoms with Gasteiger partial charge in [-0.15, -0.1) is 0 Å². The molecule has 134 valence electrons. The molecule has 2 aromatic rings. The van der Waals surface area contributed by atoms with Gasteiger partial charge < -0.3 is 10.1 Å². The zero-order valence-electron chi connectivity index (χ0n) is 14.9. The Kier molecular flexibility index (Phi) is 5.18. The Labute approximate surface area is 147 Å². The maximum absolute atomic E-state index is 13.2. The van der Waals surface area contributed by atoms with Crippen LogP contribution in [-0.2, 0) is 23.0 Å². The van der Waals surface area contributed by atoms with Gasteiger partial charge in [-0.05, 0) is 44.4 Å². The van der Waals surface area contributed by atoms with E-state index in [0.717, 1.165) is 35.4 Å². The number of rotatable bonds is 5. The van der Waals surface area contributed by atoms with Crippen molar-refractivity contribution < 1.29 is 13.9 Å². The fourth-order valence-corrected chi connectivity index (χ4v) is 3.38. The molecule has 0 aliphatic carbocycles. The molecule has 6 heteroatoms. The third kappa shape index (κ3) is 3.90. The van der Waals surface area contributed by atoms with E-state index in [2.05, 4.69) is 10.4 Å². The van der Waals surface area contributed by atoms with Crippen LogP contribution >= 0.6 is 0 Å². The Bertz CT molecular complexity index is 749. The molecule has 1 N–H and O–H groups in total. The molecule has 2 heterocycles. The fourth-order valence-electron chi connectivity index (χ4n) is 3.38. The molecule has 1 fully saturated rings. The molecule has 1 aliphatic rings. The number of hydrogen-bond acceptors (Lipinski definition) is 3. The minimum Gasteiger partial charge on any atom is -0.376 e. The van der Waals surface area contributed by atoms with Crippen LogP contribution in [0.3, 0.4) is 0 Å². The van der Waals surface area contributed by atoms with Crippen molar-refractivity contribution in [1.29, 1.82) is 0 Å². The van der Waals surface area contributed by atoms with Gasteiger partial charge in [0, 0.05) is 24.9 Å². The van der Waals surface area contributed by atoms with E-state index in [1.165, 1.54) is 12.1 Å². The van der Waals surface area contributed by atoms with Crippen LogP contribution in [0.1, 0.15) is 41.4 Å². The van der Waals surface area contributed by atoms with Crippen molar-refractivity contribution in [2.24, 2.45) is 7.05 Å². The van der Waals surface area contributed by atoms with E-state index in [1.807, 2.05) is 20.9 Å². The number of halogens is 1. The highest BCUT2D eigenvalue weighted by molar-refractivity contribution is 5.79. The van der Waals surface area contributed by atoms with Crippen LogP contribution in [0.25, 0.3) is 0 Å². The summed E-state index contributed by atoms with van der Waals surface area (Å²) >= 11 is 0. The lowest BCUT2D eigenvalue weighted by atomic mass is 9.98. The number of benzene rings is 1. The Morgan fingerprint density at radius 2 is 2.12 bits per heavy atom. The molecule has 5 nitrogen and oxygen atoms in total. The van der Waals surface area contributed by atoms with E-state index in [-0.39, 0.29) is 30.3 Å². The van der Waals surface area contributed by atoms with Crippen molar-refractivity contribution in [2.75, 3.05) is 6.61 Å². The van der Waals surface area contributed by atoms with Crippen molar-refractivity contribution >= 4 is 5.91 Å². The first kappa shape index (κ1) is 17.6. The Hall–Kier alpha value is -2.21. The first-order valence-corrected chi connectivity index (χ1v) is 8.61. The highest BCUT2D eigenvalue weighted by Gasteiger charge is 2.29. The van der Waals surface area contributed by atoms with Crippen LogP contribution in [0, 0.1) is 19.7 Å². The first-order valence-electron chi connectivity index (χ1n) is 8.61. The van der Waals surface area contributed by atoms with E-state index in [0.29, 0.717) is 6.61 Å². The lowest BCUT2D eigenvalue weighted by Crippen LogP contribution is -2.37. The molecule has 1 aliphatic heterocycles. The average Bonchev–Trinajstić information content (AvgIpc) is 3.19. The summed E-state index contributed by atoms with van der Waals surface area (Å²) in [5.41, 5.74) is 3.67. The van der Waals surface area contributed by atoms with Crippen molar-refractivity contribution in [2.45, 2.75) is 45.3 Å². The van der Waals surface area contributed by atoms with E-state index in [1.54, 1.807) is 16.8 Å². The second-order valence-corrected chi connectivity index (χ2v) is 6.60. The molecule has 1 aromatic carbocycles. The largest absolute Gasteiger partial charge is 0.376 e. The molecule has 25 heavy (non-hydrogen) atoms. The summed E-state index contributed by atoms with van der Waals surface area (Å²) in [6, 6.07) is 5.98.